The Labute approximate surface area is 140 Å². The SMILES string of the molecule is C[C@@H]1CC[C@@H](C(N)=O)CN1C(=O)Cc1cnn(-c2ccccc2)n1. The highest BCUT2D eigenvalue weighted by Gasteiger charge is 2.31. The fourth-order valence-electron chi connectivity index (χ4n) is 3.00. The summed E-state index contributed by atoms with van der Waals surface area (Å²) in [4.78, 5) is 27.2. The topological polar surface area (TPSA) is 94.1 Å². The van der Waals surface area contributed by atoms with Gasteiger partial charge in [-0.25, -0.2) is 0 Å². The van der Waals surface area contributed by atoms with E-state index in [0.29, 0.717) is 12.2 Å². The number of carbonyl (C=O) groups excluding carboxylic acids is 2. The second-order valence-corrected chi connectivity index (χ2v) is 6.21. The molecule has 2 atom stereocenters. The number of amides is 2. The largest absolute Gasteiger partial charge is 0.369 e. The fraction of sp³-hybridized carbons (Fsp3) is 0.412. The summed E-state index contributed by atoms with van der Waals surface area (Å²) in [5.41, 5.74) is 6.85. The number of rotatable bonds is 4. The Balaban J connectivity index is 1.68. The highest BCUT2D eigenvalue weighted by molar-refractivity contribution is 5.81. The number of hydrogen-bond donors (Lipinski definition) is 1. The van der Waals surface area contributed by atoms with Crippen molar-refractivity contribution in [2.24, 2.45) is 11.7 Å². The van der Waals surface area contributed by atoms with Crippen LogP contribution in [0.3, 0.4) is 0 Å². The second-order valence-electron chi connectivity index (χ2n) is 6.21. The van der Waals surface area contributed by atoms with Gasteiger partial charge in [0.1, 0.15) is 0 Å². The number of piperidine rings is 1. The van der Waals surface area contributed by atoms with Crippen molar-refractivity contribution >= 4 is 11.8 Å². The fourth-order valence-corrected chi connectivity index (χ4v) is 3.00. The maximum Gasteiger partial charge on any atom is 0.228 e. The number of nitrogens with zero attached hydrogens (tertiary/aromatic N) is 4. The summed E-state index contributed by atoms with van der Waals surface area (Å²) in [7, 11) is 0. The molecule has 2 amide bonds. The van der Waals surface area contributed by atoms with Crippen molar-refractivity contribution in [2.45, 2.75) is 32.2 Å². The third-order valence-electron chi connectivity index (χ3n) is 4.46. The third kappa shape index (κ3) is 3.45. The molecular formula is C17H21N5O2. The van der Waals surface area contributed by atoms with E-state index in [1.54, 1.807) is 11.1 Å². The Kier molecular flexibility index (Phi) is 4.59. The van der Waals surface area contributed by atoms with E-state index in [1.807, 2.05) is 37.3 Å². The molecule has 1 aromatic carbocycles. The number of nitrogens with two attached hydrogens (primary N) is 1. The van der Waals surface area contributed by atoms with Gasteiger partial charge in [-0.05, 0) is 31.9 Å². The Morgan fingerprint density at radius 3 is 2.71 bits per heavy atom. The molecular weight excluding hydrogens is 306 g/mol. The number of para-hydroxylation sites is 1. The molecule has 0 radical (unpaired) electrons. The standard InChI is InChI=1S/C17H21N5O2/c1-12-7-8-13(17(18)24)11-21(12)16(23)9-14-10-19-22(20-14)15-5-3-2-4-6-15/h2-6,10,12-13H,7-9,11H2,1H3,(H2,18,24)/t12-,13-/m1/s1. The number of carbonyl (C=O) groups is 2. The van der Waals surface area contributed by atoms with Crippen molar-refractivity contribution in [3.05, 3.63) is 42.2 Å². The third-order valence-corrected chi connectivity index (χ3v) is 4.46. The molecule has 2 aromatic rings. The van der Waals surface area contributed by atoms with E-state index in [0.717, 1.165) is 18.5 Å². The van der Waals surface area contributed by atoms with Crippen LogP contribution in [0.5, 0.6) is 0 Å². The molecule has 0 unspecified atom stereocenters. The van der Waals surface area contributed by atoms with Gasteiger partial charge in [-0.3, -0.25) is 9.59 Å². The van der Waals surface area contributed by atoms with Gasteiger partial charge in [0.25, 0.3) is 0 Å². The molecule has 0 spiro atoms. The number of likely N-dealkylation sites (tertiary alicyclic amines) is 1. The number of aromatic nitrogens is 3. The van der Waals surface area contributed by atoms with Gasteiger partial charge in [-0.2, -0.15) is 15.0 Å². The van der Waals surface area contributed by atoms with Crippen LogP contribution < -0.4 is 5.73 Å². The summed E-state index contributed by atoms with van der Waals surface area (Å²) < 4.78 is 0. The summed E-state index contributed by atoms with van der Waals surface area (Å²) in [5, 5.41) is 8.57. The van der Waals surface area contributed by atoms with Gasteiger partial charge in [-0.1, -0.05) is 18.2 Å². The highest BCUT2D eigenvalue weighted by Crippen LogP contribution is 2.22. The van der Waals surface area contributed by atoms with Crippen LogP contribution in [0.15, 0.2) is 36.5 Å². The maximum absolute atomic E-state index is 12.6. The van der Waals surface area contributed by atoms with E-state index < -0.39 is 0 Å². The maximum atomic E-state index is 12.6. The smallest absolute Gasteiger partial charge is 0.228 e. The average Bonchev–Trinajstić information content (AvgIpc) is 3.04. The van der Waals surface area contributed by atoms with Crippen molar-refractivity contribution in [3.8, 4) is 5.69 Å². The molecule has 2 heterocycles. The molecule has 1 aromatic heterocycles. The van der Waals surface area contributed by atoms with Crippen LogP contribution >= 0.6 is 0 Å². The van der Waals surface area contributed by atoms with Crippen molar-refractivity contribution < 1.29 is 9.59 Å². The predicted molar refractivity (Wildman–Crippen MR) is 88.2 cm³/mol. The van der Waals surface area contributed by atoms with E-state index in [4.69, 9.17) is 5.73 Å². The summed E-state index contributed by atoms with van der Waals surface area (Å²) in [6.45, 7) is 2.39. The summed E-state index contributed by atoms with van der Waals surface area (Å²) in [6.07, 6.45) is 3.30. The zero-order valence-electron chi connectivity index (χ0n) is 13.6. The van der Waals surface area contributed by atoms with Crippen molar-refractivity contribution in [1.82, 2.24) is 19.9 Å². The van der Waals surface area contributed by atoms with Crippen LogP contribution in [-0.2, 0) is 16.0 Å². The Hall–Kier alpha value is -2.70. The molecule has 0 saturated carbocycles. The van der Waals surface area contributed by atoms with Gasteiger partial charge in [0, 0.05) is 12.6 Å². The molecule has 1 aliphatic rings. The molecule has 3 rings (SSSR count). The molecule has 1 aliphatic heterocycles. The minimum absolute atomic E-state index is 0.0476. The first-order valence-corrected chi connectivity index (χ1v) is 8.10. The summed E-state index contributed by atoms with van der Waals surface area (Å²) in [6, 6.07) is 9.64. The molecule has 0 aliphatic carbocycles. The van der Waals surface area contributed by atoms with Gasteiger partial charge in [-0.15, -0.1) is 0 Å². The Bertz CT molecular complexity index is 728. The first kappa shape index (κ1) is 16.2. The van der Waals surface area contributed by atoms with Crippen LogP contribution in [0, 0.1) is 5.92 Å². The lowest BCUT2D eigenvalue weighted by Gasteiger charge is -2.36. The first-order valence-electron chi connectivity index (χ1n) is 8.10. The van der Waals surface area contributed by atoms with Crippen LogP contribution in [0.4, 0.5) is 0 Å². The highest BCUT2D eigenvalue weighted by atomic mass is 16.2. The Morgan fingerprint density at radius 2 is 2.00 bits per heavy atom. The molecule has 7 nitrogen and oxygen atoms in total. The average molecular weight is 327 g/mol. The van der Waals surface area contributed by atoms with Crippen molar-refractivity contribution in [1.29, 1.82) is 0 Å². The lowest BCUT2D eigenvalue weighted by molar-refractivity contribution is -0.137. The van der Waals surface area contributed by atoms with E-state index >= 15 is 0 Å². The van der Waals surface area contributed by atoms with E-state index in [-0.39, 0.29) is 30.2 Å². The van der Waals surface area contributed by atoms with Crippen LogP contribution in [0.25, 0.3) is 5.69 Å². The van der Waals surface area contributed by atoms with Crippen LogP contribution in [-0.4, -0.2) is 44.3 Å². The van der Waals surface area contributed by atoms with Crippen LogP contribution in [0.2, 0.25) is 0 Å². The lowest BCUT2D eigenvalue weighted by atomic mass is 9.92. The van der Waals surface area contributed by atoms with Gasteiger partial charge in [0.05, 0.1) is 29.9 Å². The molecule has 7 heteroatoms. The van der Waals surface area contributed by atoms with E-state index in [1.165, 1.54) is 4.80 Å². The predicted octanol–water partition coefficient (Wildman–Crippen LogP) is 0.922. The molecule has 1 fully saturated rings. The minimum Gasteiger partial charge on any atom is -0.369 e. The first-order chi connectivity index (χ1) is 11.5. The van der Waals surface area contributed by atoms with Gasteiger partial charge in [0.2, 0.25) is 11.8 Å². The zero-order valence-corrected chi connectivity index (χ0v) is 13.6. The number of hydrogen-bond acceptors (Lipinski definition) is 4. The van der Waals surface area contributed by atoms with Crippen LogP contribution in [0.1, 0.15) is 25.5 Å². The van der Waals surface area contributed by atoms with Crippen molar-refractivity contribution in [2.75, 3.05) is 6.54 Å². The van der Waals surface area contributed by atoms with Gasteiger partial charge >= 0.3 is 0 Å². The molecule has 2 N–H and O–H groups in total. The van der Waals surface area contributed by atoms with Gasteiger partial charge < -0.3 is 10.6 Å². The van der Waals surface area contributed by atoms with Crippen molar-refractivity contribution in [3.63, 3.8) is 0 Å². The lowest BCUT2D eigenvalue weighted by Crippen LogP contribution is -2.49. The minimum atomic E-state index is -0.338. The molecule has 24 heavy (non-hydrogen) atoms. The summed E-state index contributed by atoms with van der Waals surface area (Å²) in [5.74, 6) is -0.645. The second kappa shape index (κ2) is 6.82. The monoisotopic (exact) mass is 327 g/mol. The van der Waals surface area contributed by atoms with Gasteiger partial charge in [0.15, 0.2) is 0 Å². The molecule has 1 saturated heterocycles. The summed E-state index contributed by atoms with van der Waals surface area (Å²) >= 11 is 0. The number of primary amides is 1. The quantitative estimate of drug-likeness (QED) is 0.903. The molecule has 126 valence electrons. The number of benzene rings is 1. The zero-order chi connectivity index (χ0) is 17.1. The Morgan fingerprint density at radius 1 is 1.25 bits per heavy atom. The van der Waals surface area contributed by atoms with E-state index in [2.05, 4.69) is 10.2 Å². The molecule has 0 bridgehead atoms. The normalized spacial score (nSPS) is 20.8. The van der Waals surface area contributed by atoms with E-state index in [9.17, 15) is 9.59 Å².